The van der Waals surface area contributed by atoms with E-state index in [9.17, 15) is 0 Å². The lowest BCUT2D eigenvalue weighted by Gasteiger charge is -2.13. The molecule has 0 bridgehead atoms. The molecule has 0 aliphatic carbocycles. The second kappa shape index (κ2) is 5.09. The van der Waals surface area contributed by atoms with Crippen LogP contribution < -0.4 is 19.9 Å². The Bertz CT molecular complexity index is 574. The summed E-state index contributed by atoms with van der Waals surface area (Å²) < 4.78 is 17.6. The number of aryl methyl sites for hydroxylation is 1. The molecule has 2 aromatic rings. The summed E-state index contributed by atoms with van der Waals surface area (Å²) in [6.45, 7) is 0. The summed E-state index contributed by atoms with van der Waals surface area (Å²) in [7, 11) is 6.54. The maximum atomic E-state index is 5.81. The second-order valence-corrected chi connectivity index (χ2v) is 3.99. The molecule has 0 radical (unpaired) electrons. The van der Waals surface area contributed by atoms with Gasteiger partial charge in [0.25, 0.3) is 0 Å². The van der Waals surface area contributed by atoms with Gasteiger partial charge in [-0.3, -0.25) is 4.68 Å². The first kappa shape index (κ1) is 13.1. The monoisotopic (exact) mass is 263 g/mol. The molecule has 2 N–H and O–H groups in total. The fourth-order valence-corrected chi connectivity index (χ4v) is 1.86. The predicted octanol–water partition coefficient (Wildman–Crippen LogP) is 1.70. The smallest absolute Gasteiger partial charge is 0.170 e. The van der Waals surface area contributed by atoms with E-state index in [1.807, 2.05) is 6.07 Å². The number of nitrogens with two attached hydrogens (primary N) is 1. The van der Waals surface area contributed by atoms with Crippen molar-refractivity contribution in [3.8, 4) is 28.5 Å². The van der Waals surface area contributed by atoms with Crippen LogP contribution in [-0.2, 0) is 7.05 Å². The summed E-state index contributed by atoms with van der Waals surface area (Å²) in [5, 5.41) is 4.34. The lowest BCUT2D eigenvalue weighted by atomic mass is 10.1. The van der Waals surface area contributed by atoms with Gasteiger partial charge >= 0.3 is 0 Å². The van der Waals surface area contributed by atoms with E-state index in [1.165, 1.54) is 0 Å². The molecule has 1 aromatic carbocycles. The topological polar surface area (TPSA) is 71.5 Å². The van der Waals surface area contributed by atoms with E-state index in [1.54, 1.807) is 45.2 Å². The molecule has 6 nitrogen and oxygen atoms in total. The van der Waals surface area contributed by atoms with Gasteiger partial charge in [0, 0.05) is 19.2 Å². The first-order chi connectivity index (χ1) is 9.10. The highest BCUT2D eigenvalue weighted by Crippen LogP contribution is 2.41. The number of rotatable bonds is 4. The average molecular weight is 263 g/mol. The molecule has 102 valence electrons. The zero-order valence-electron chi connectivity index (χ0n) is 11.4. The second-order valence-electron chi connectivity index (χ2n) is 3.99. The Morgan fingerprint density at radius 2 is 1.79 bits per heavy atom. The van der Waals surface area contributed by atoms with Crippen molar-refractivity contribution in [1.82, 2.24) is 9.78 Å². The molecule has 1 aromatic heterocycles. The van der Waals surface area contributed by atoms with Crippen LogP contribution in [0.3, 0.4) is 0 Å². The standard InChI is InChI=1S/C13H17N3O3/c1-16-12(14)7-10(15-16)9-5-8(17-2)6-11(18-3)13(9)19-4/h5-7H,14H2,1-4H3. The number of methoxy groups -OCH3 is 3. The summed E-state index contributed by atoms with van der Waals surface area (Å²) in [6.07, 6.45) is 0. The van der Waals surface area contributed by atoms with Crippen molar-refractivity contribution in [2.75, 3.05) is 27.1 Å². The summed E-state index contributed by atoms with van der Waals surface area (Å²) in [5.74, 6) is 2.41. The lowest BCUT2D eigenvalue weighted by Crippen LogP contribution is -1.97. The van der Waals surface area contributed by atoms with Crippen molar-refractivity contribution in [2.45, 2.75) is 0 Å². The van der Waals surface area contributed by atoms with Crippen LogP contribution in [0, 0.1) is 0 Å². The molecule has 0 unspecified atom stereocenters. The minimum Gasteiger partial charge on any atom is -0.497 e. The molecule has 0 saturated heterocycles. The molecule has 0 fully saturated rings. The van der Waals surface area contributed by atoms with Crippen molar-refractivity contribution in [1.29, 1.82) is 0 Å². The summed E-state index contributed by atoms with van der Waals surface area (Å²) >= 11 is 0. The highest BCUT2D eigenvalue weighted by molar-refractivity contribution is 5.74. The van der Waals surface area contributed by atoms with Crippen LogP contribution in [0.25, 0.3) is 11.3 Å². The number of nitrogen functional groups attached to an aromatic ring is 1. The van der Waals surface area contributed by atoms with Crippen molar-refractivity contribution in [3.05, 3.63) is 18.2 Å². The van der Waals surface area contributed by atoms with Crippen LogP contribution >= 0.6 is 0 Å². The van der Waals surface area contributed by atoms with Crippen LogP contribution in [0.2, 0.25) is 0 Å². The number of ether oxygens (including phenoxy) is 3. The number of benzene rings is 1. The van der Waals surface area contributed by atoms with Gasteiger partial charge in [-0.05, 0) is 6.07 Å². The molecular weight excluding hydrogens is 246 g/mol. The van der Waals surface area contributed by atoms with Gasteiger partial charge in [-0.2, -0.15) is 5.10 Å². The fraction of sp³-hybridized carbons (Fsp3) is 0.308. The third-order valence-corrected chi connectivity index (χ3v) is 2.88. The molecule has 0 aliphatic heterocycles. The average Bonchev–Trinajstić information content (AvgIpc) is 2.76. The third kappa shape index (κ3) is 2.29. The van der Waals surface area contributed by atoms with Gasteiger partial charge in [0.05, 0.1) is 32.6 Å². The molecule has 0 aliphatic rings. The van der Waals surface area contributed by atoms with E-state index < -0.39 is 0 Å². The van der Waals surface area contributed by atoms with E-state index >= 15 is 0 Å². The van der Waals surface area contributed by atoms with Gasteiger partial charge < -0.3 is 19.9 Å². The van der Waals surface area contributed by atoms with E-state index in [2.05, 4.69) is 5.10 Å². The van der Waals surface area contributed by atoms with E-state index in [-0.39, 0.29) is 0 Å². The van der Waals surface area contributed by atoms with E-state index in [0.29, 0.717) is 28.8 Å². The zero-order chi connectivity index (χ0) is 14.0. The Labute approximate surface area is 111 Å². The fourth-order valence-electron chi connectivity index (χ4n) is 1.86. The van der Waals surface area contributed by atoms with E-state index in [4.69, 9.17) is 19.9 Å². The summed E-state index contributed by atoms with van der Waals surface area (Å²) in [6, 6.07) is 5.37. The number of hydrogen-bond acceptors (Lipinski definition) is 5. The van der Waals surface area contributed by atoms with Crippen molar-refractivity contribution in [3.63, 3.8) is 0 Å². The molecule has 0 spiro atoms. The van der Waals surface area contributed by atoms with Crippen molar-refractivity contribution in [2.24, 2.45) is 7.05 Å². The normalized spacial score (nSPS) is 10.3. The van der Waals surface area contributed by atoms with Crippen LogP contribution in [0.5, 0.6) is 17.2 Å². The Hall–Kier alpha value is -2.37. The Kier molecular flexibility index (Phi) is 3.50. The first-order valence-electron chi connectivity index (χ1n) is 5.70. The van der Waals surface area contributed by atoms with Gasteiger partial charge in [-0.15, -0.1) is 0 Å². The molecule has 0 atom stereocenters. The minimum atomic E-state index is 0.568. The van der Waals surface area contributed by atoms with Gasteiger partial charge in [0.15, 0.2) is 11.5 Å². The van der Waals surface area contributed by atoms with Crippen LogP contribution in [0.15, 0.2) is 18.2 Å². The molecule has 19 heavy (non-hydrogen) atoms. The SMILES string of the molecule is COc1cc(OC)c(OC)c(-c2cc(N)n(C)n2)c1. The van der Waals surface area contributed by atoms with Crippen LogP contribution in [0.1, 0.15) is 0 Å². The van der Waals surface area contributed by atoms with Crippen LogP contribution in [-0.4, -0.2) is 31.1 Å². The maximum absolute atomic E-state index is 5.81. The summed E-state index contributed by atoms with van der Waals surface area (Å²) in [5.41, 5.74) is 7.28. The Morgan fingerprint density at radius 1 is 1.05 bits per heavy atom. The zero-order valence-corrected chi connectivity index (χ0v) is 11.4. The quantitative estimate of drug-likeness (QED) is 0.909. The Balaban J connectivity index is 2.65. The molecule has 1 heterocycles. The van der Waals surface area contributed by atoms with Gasteiger partial charge in [-0.25, -0.2) is 0 Å². The van der Waals surface area contributed by atoms with Crippen molar-refractivity contribution >= 4 is 5.82 Å². The number of anilines is 1. The maximum Gasteiger partial charge on any atom is 0.170 e. The third-order valence-electron chi connectivity index (χ3n) is 2.88. The van der Waals surface area contributed by atoms with Crippen molar-refractivity contribution < 1.29 is 14.2 Å². The molecule has 6 heteroatoms. The molecule has 0 saturated carbocycles. The summed E-state index contributed by atoms with van der Waals surface area (Å²) in [4.78, 5) is 0. The van der Waals surface area contributed by atoms with Gasteiger partial charge in [-0.1, -0.05) is 0 Å². The first-order valence-corrected chi connectivity index (χ1v) is 5.70. The molecule has 0 amide bonds. The molecular formula is C13H17N3O3. The van der Waals surface area contributed by atoms with Gasteiger partial charge in [0.1, 0.15) is 11.6 Å². The molecule has 2 rings (SSSR count). The largest absolute Gasteiger partial charge is 0.497 e. The number of nitrogens with zero attached hydrogens (tertiary/aromatic N) is 2. The highest BCUT2D eigenvalue weighted by Gasteiger charge is 2.17. The Morgan fingerprint density at radius 3 is 2.26 bits per heavy atom. The number of hydrogen-bond donors (Lipinski definition) is 1. The van der Waals surface area contributed by atoms with E-state index in [0.717, 1.165) is 5.56 Å². The minimum absolute atomic E-state index is 0.568. The number of aromatic nitrogens is 2. The predicted molar refractivity (Wildman–Crippen MR) is 72.7 cm³/mol. The lowest BCUT2D eigenvalue weighted by molar-refractivity contribution is 0.350. The van der Waals surface area contributed by atoms with Gasteiger partial charge in [0.2, 0.25) is 0 Å². The van der Waals surface area contributed by atoms with Crippen LogP contribution in [0.4, 0.5) is 5.82 Å². The highest BCUT2D eigenvalue weighted by atomic mass is 16.5.